The molecule has 0 unspecified atom stereocenters. The van der Waals surface area contributed by atoms with Crippen LogP contribution < -0.4 is 0 Å². The molecule has 2 aliphatic carbocycles. The van der Waals surface area contributed by atoms with E-state index in [4.69, 9.17) is 13.4 Å². The fourth-order valence-electron chi connectivity index (χ4n) is 6.29. The van der Waals surface area contributed by atoms with Crippen LogP contribution in [0.3, 0.4) is 0 Å². The summed E-state index contributed by atoms with van der Waals surface area (Å²) in [5.41, 5.74) is 6.70. The normalized spacial score (nSPS) is 14.9. The number of aromatic amines is 1. The topological polar surface area (TPSA) is 133 Å². The molecule has 0 aliphatic heterocycles. The number of hydrogen-bond acceptors (Lipinski definition) is 8. The Balaban J connectivity index is 0.000000234. The summed E-state index contributed by atoms with van der Waals surface area (Å²) in [5.74, 6) is 0.925. The average Bonchev–Trinajstić information content (AvgIpc) is 3.84. The third kappa shape index (κ3) is 8.65. The van der Waals surface area contributed by atoms with Crippen molar-refractivity contribution in [3.05, 3.63) is 180 Å². The summed E-state index contributed by atoms with van der Waals surface area (Å²) in [6, 6.07) is 31.3. The SMILES string of the molecule is CS(=O)(=O)OC1=CC=C(c2cn(C(c3ccccc3)(c3ccccc3)c3ccccc3)cn2)CC1.CS(=O)(=O)OC1=CC=C(c2cnc[nH]2)CC1. The standard InChI is InChI=1S/C29H26N2O3S.C10H12N2O3S/c1-35(32,33)34-27-19-17-23(18-20-27)28-21-31(22-30-28)29(24-11-5-2-6-12-24,25-13-7-3-8-14-25)26-15-9-4-10-16-26;1-16(13,14)15-9-4-2-8(3-5-9)10-6-11-7-12-10/h2-17,19,21-22H,18,20H2,1H3;2,4,6-7H,3,5H2,1H3,(H,11,12). The van der Waals surface area contributed by atoms with E-state index in [1.54, 1.807) is 24.7 Å². The Morgan fingerprint density at radius 2 is 1.12 bits per heavy atom. The van der Waals surface area contributed by atoms with Gasteiger partial charge in [0, 0.05) is 19.0 Å². The molecule has 0 spiro atoms. The van der Waals surface area contributed by atoms with E-state index >= 15 is 0 Å². The molecule has 262 valence electrons. The molecule has 0 atom stereocenters. The van der Waals surface area contributed by atoms with Crippen molar-refractivity contribution in [3.63, 3.8) is 0 Å². The Kier molecular flexibility index (Phi) is 10.5. The van der Waals surface area contributed by atoms with Gasteiger partial charge in [-0.1, -0.05) is 103 Å². The molecule has 7 rings (SSSR count). The maximum Gasteiger partial charge on any atom is 0.305 e. The lowest BCUT2D eigenvalue weighted by Crippen LogP contribution is -2.36. The predicted molar refractivity (Wildman–Crippen MR) is 198 cm³/mol. The lowest BCUT2D eigenvalue weighted by Gasteiger charge is -2.37. The van der Waals surface area contributed by atoms with Gasteiger partial charge >= 0.3 is 20.2 Å². The second kappa shape index (κ2) is 15.2. The second-order valence-electron chi connectivity index (χ2n) is 12.2. The van der Waals surface area contributed by atoms with Crippen molar-refractivity contribution in [2.24, 2.45) is 0 Å². The summed E-state index contributed by atoms with van der Waals surface area (Å²) >= 11 is 0. The van der Waals surface area contributed by atoms with Gasteiger partial charge < -0.3 is 17.9 Å². The molecule has 0 saturated carbocycles. The monoisotopic (exact) mass is 722 g/mol. The highest BCUT2D eigenvalue weighted by atomic mass is 32.2. The molecule has 2 aromatic heterocycles. The lowest BCUT2D eigenvalue weighted by atomic mass is 9.76. The first kappa shape index (κ1) is 35.4. The zero-order valence-electron chi connectivity index (χ0n) is 28.2. The molecule has 0 bridgehead atoms. The number of benzene rings is 3. The Bertz CT molecular complexity index is 2200. The van der Waals surface area contributed by atoms with Crippen LogP contribution in [0.4, 0.5) is 0 Å². The van der Waals surface area contributed by atoms with E-state index in [-0.39, 0.29) is 0 Å². The van der Waals surface area contributed by atoms with E-state index in [1.807, 2.05) is 36.7 Å². The summed E-state index contributed by atoms with van der Waals surface area (Å²) in [6.07, 6.45) is 19.0. The van der Waals surface area contributed by atoms with Crippen molar-refractivity contribution >= 4 is 31.4 Å². The van der Waals surface area contributed by atoms with Crippen LogP contribution >= 0.6 is 0 Å². The maximum absolute atomic E-state index is 11.5. The minimum atomic E-state index is -3.53. The third-order valence-corrected chi connectivity index (χ3v) is 9.49. The van der Waals surface area contributed by atoms with Gasteiger partial charge in [-0.2, -0.15) is 16.8 Å². The number of hydrogen-bond donors (Lipinski definition) is 1. The van der Waals surface area contributed by atoms with E-state index in [2.05, 4.69) is 93.5 Å². The molecule has 0 saturated heterocycles. The number of rotatable bonds is 10. The smallest absolute Gasteiger partial charge is 0.305 e. The Labute approximate surface area is 298 Å². The van der Waals surface area contributed by atoms with Gasteiger partial charge in [0.15, 0.2) is 0 Å². The molecule has 10 nitrogen and oxygen atoms in total. The summed E-state index contributed by atoms with van der Waals surface area (Å²) in [4.78, 5) is 11.7. The molecule has 51 heavy (non-hydrogen) atoms. The molecule has 0 amide bonds. The van der Waals surface area contributed by atoms with Crippen LogP contribution in [0.15, 0.2) is 152 Å². The molecule has 2 heterocycles. The van der Waals surface area contributed by atoms with Crippen molar-refractivity contribution in [2.45, 2.75) is 31.2 Å². The number of allylic oxidation sites excluding steroid dienone is 8. The number of H-pyrrole nitrogens is 1. The lowest BCUT2D eigenvalue weighted by molar-refractivity contribution is 0.394. The van der Waals surface area contributed by atoms with E-state index in [0.29, 0.717) is 30.8 Å². The maximum atomic E-state index is 11.5. The summed E-state index contributed by atoms with van der Waals surface area (Å²) in [7, 11) is -6.94. The molecule has 1 N–H and O–H groups in total. The van der Waals surface area contributed by atoms with Crippen LogP contribution in [0.5, 0.6) is 0 Å². The Morgan fingerprint density at radius 1 is 0.647 bits per heavy atom. The Hall–Kier alpha value is -5.46. The molecule has 3 aromatic carbocycles. The van der Waals surface area contributed by atoms with Crippen molar-refractivity contribution in [3.8, 4) is 0 Å². The van der Waals surface area contributed by atoms with Crippen LogP contribution in [0.25, 0.3) is 11.1 Å². The first-order valence-electron chi connectivity index (χ1n) is 16.3. The fraction of sp³-hybridized carbons (Fsp3) is 0.179. The van der Waals surface area contributed by atoms with Gasteiger partial charge in [0.2, 0.25) is 0 Å². The molecule has 0 fully saturated rings. The highest BCUT2D eigenvalue weighted by Gasteiger charge is 2.38. The fourth-order valence-corrected chi connectivity index (χ4v) is 7.35. The number of aromatic nitrogens is 4. The van der Waals surface area contributed by atoms with E-state index in [1.165, 1.54) is 0 Å². The number of imidazole rings is 2. The number of nitrogens with one attached hydrogen (secondary N) is 1. The molecular weight excluding hydrogens is 685 g/mol. The zero-order valence-corrected chi connectivity index (χ0v) is 29.8. The third-order valence-electron chi connectivity index (χ3n) is 8.46. The van der Waals surface area contributed by atoms with Crippen molar-refractivity contribution in [1.82, 2.24) is 19.5 Å². The van der Waals surface area contributed by atoms with Gasteiger partial charge in [-0.25, -0.2) is 9.97 Å². The van der Waals surface area contributed by atoms with Gasteiger partial charge in [-0.15, -0.1) is 0 Å². The van der Waals surface area contributed by atoms with Gasteiger partial charge in [-0.3, -0.25) is 0 Å². The first-order chi connectivity index (χ1) is 24.5. The van der Waals surface area contributed by atoms with Crippen LogP contribution in [0, 0.1) is 0 Å². The molecular formula is C39H38N4O6S2. The van der Waals surface area contributed by atoms with Gasteiger partial charge in [0.1, 0.15) is 17.1 Å². The van der Waals surface area contributed by atoms with Gasteiger partial charge in [0.05, 0.1) is 42.8 Å². The van der Waals surface area contributed by atoms with Crippen LogP contribution in [-0.4, -0.2) is 48.9 Å². The summed E-state index contributed by atoms with van der Waals surface area (Å²) in [6.45, 7) is 0. The largest absolute Gasteiger partial charge is 0.387 e. The van der Waals surface area contributed by atoms with Crippen molar-refractivity contribution < 1.29 is 25.2 Å². The highest BCUT2D eigenvalue weighted by molar-refractivity contribution is 7.86. The number of nitrogens with zero attached hydrogens (tertiary/aromatic N) is 3. The minimum Gasteiger partial charge on any atom is -0.387 e. The van der Waals surface area contributed by atoms with E-state index in [0.717, 1.165) is 58.2 Å². The Morgan fingerprint density at radius 3 is 1.51 bits per heavy atom. The van der Waals surface area contributed by atoms with Crippen LogP contribution in [-0.2, 0) is 34.1 Å². The quantitative estimate of drug-likeness (QED) is 0.118. The van der Waals surface area contributed by atoms with E-state index in [9.17, 15) is 16.8 Å². The van der Waals surface area contributed by atoms with Crippen molar-refractivity contribution in [1.29, 1.82) is 0 Å². The zero-order chi connectivity index (χ0) is 35.9. The van der Waals surface area contributed by atoms with Crippen molar-refractivity contribution in [2.75, 3.05) is 12.5 Å². The van der Waals surface area contributed by atoms with Crippen LogP contribution in [0.2, 0.25) is 0 Å². The van der Waals surface area contributed by atoms with E-state index < -0.39 is 25.8 Å². The molecule has 0 radical (unpaired) electrons. The summed E-state index contributed by atoms with van der Waals surface area (Å²) in [5, 5.41) is 0. The molecule has 12 heteroatoms. The van der Waals surface area contributed by atoms with Crippen LogP contribution in [0.1, 0.15) is 53.8 Å². The summed E-state index contributed by atoms with van der Waals surface area (Å²) < 4.78 is 56.8. The highest BCUT2D eigenvalue weighted by Crippen LogP contribution is 2.41. The van der Waals surface area contributed by atoms with Gasteiger partial charge in [-0.05, 0) is 52.8 Å². The first-order valence-corrected chi connectivity index (χ1v) is 19.9. The average molecular weight is 723 g/mol. The second-order valence-corrected chi connectivity index (χ2v) is 15.3. The molecule has 2 aliphatic rings. The minimum absolute atomic E-state index is 0.447. The molecule has 5 aromatic rings. The van der Waals surface area contributed by atoms with Gasteiger partial charge in [0.25, 0.3) is 0 Å². The predicted octanol–water partition coefficient (Wildman–Crippen LogP) is 7.21.